The number of nitrogens with two attached hydrogens (primary N) is 1. The van der Waals surface area contributed by atoms with Gasteiger partial charge in [0.15, 0.2) is 0 Å². The second kappa shape index (κ2) is 7.93. The number of carbonyl (C=O) groups excluding carboxylic acids is 2. The summed E-state index contributed by atoms with van der Waals surface area (Å²) in [7, 11) is 0. The second-order valence-electron chi connectivity index (χ2n) is 4.77. The molecular weight excluding hydrogens is 317 g/mol. The lowest BCUT2D eigenvalue weighted by molar-refractivity contribution is -0.0376. The third kappa shape index (κ3) is 4.68. The van der Waals surface area contributed by atoms with Crippen molar-refractivity contribution in [3.8, 4) is 11.5 Å². The molecule has 0 spiro atoms. The number of nitrogens with zero attached hydrogens (tertiary/aromatic N) is 1. The van der Waals surface area contributed by atoms with Gasteiger partial charge >= 0.3 is 6.03 Å². The maximum atomic E-state index is 12.9. The van der Waals surface area contributed by atoms with Gasteiger partial charge in [0, 0.05) is 6.54 Å². The van der Waals surface area contributed by atoms with E-state index < -0.39 is 17.8 Å². The number of nitrogens with one attached hydrogen (secondary N) is 1. The minimum absolute atomic E-state index is 0.00313. The standard InChI is InChI=1S/C16H16FN3O4/c17-11-5-7-12(8-6-11)24-14-4-2-1-3-13(14)15(21)19-9-10-20(23)16(18)22/h1-8,23H,9-10H2,(H2,18,22)(H,19,21). The molecular formula is C16H16FN3O4. The van der Waals surface area contributed by atoms with E-state index in [-0.39, 0.29) is 24.4 Å². The Morgan fingerprint density at radius 1 is 1.17 bits per heavy atom. The summed E-state index contributed by atoms with van der Waals surface area (Å²) >= 11 is 0. The molecule has 0 fully saturated rings. The van der Waals surface area contributed by atoms with Gasteiger partial charge in [-0.15, -0.1) is 0 Å². The van der Waals surface area contributed by atoms with Crippen LogP contribution < -0.4 is 15.8 Å². The molecule has 2 aromatic carbocycles. The Morgan fingerprint density at radius 3 is 2.50 bits per heavy atom. The number of carbonyl (C=O) groups is 2. The van der Waals surface area contributed by atoms with Gasteiger partial charge in [0.05, 0.1) is 12.1 Å². The smallest absolute Gasteiger partial charge is 0.338 e. The Bertz CT molecular complexity index is 722. The highest BCUT2D eigenvalue weighted by molar-refractivity contribution is 5.97. The summed E-state index contributed by atoms with van der Waals surface area (Å²) in [6, 6.07) is 10.9. The molecule has 0 aliphatic rings. The van der Waals surface area contributed by atoms with Crippen LogP contribution in [0.15, 0.2) is 48.5 Å². The second-order valence-corrected chi connectivity index (χ2v) is 4.77. The van der Waals surface area contributed by atoms with Gasteiger partial charge in [-0.1, -0.05) is 12.1 Å². The molecule has 0 heterocycles. The quantitative estimate of drug-likeness (QED) is 0.556. The predicted molar refractivity (Wildman–Crippen MR) is 83.3 cm³/mol. The molecule has 24 heavy (non-hydrogen) atoms. The van der Waals surface area contributed by atoms with E-state index in [1.807, 2.05) is 0 Å². The van der Waals surface area contributed by atoms with Gasteiger partial charge in [-0.25, -0.2) is 14.2 Å². The van der Waals surface area contributed by atoms with E-state index >= 15 is 0 Å². The number of hydrogen-bond acceptors (Lipinski definition) is 4. The highest BCUT2D eigenvalue weighted by Gasteiger charge is 2.13. The van der Waals surface area contributed by atoms with Crippen LogP contribution in [0.4, 0.5) is 9.18 Å². The molecule has 7 nitrogen and oxygen atoms in total. The zero-order chi connectivity index (χ0) is 17.5. The normalized spacial score (nSPS) is 10.1. The van der Waals surface area contributed by atoms with Crippen molar-refractivity contribution < 1.29 is 23.9 Å². The van der Waals surface area contributed by atoms with E-state index in [0.29, 0.717) is 10.8 Å². The number of ether oxygens (including phenoxy) is 1. The third-order valence-electron chi connectivity index (χ3n) is 3.04. The van der Waals surface area contributed by atoms with Gasteiger partial charge in [0.2, 0.25) is 0 Å². The van der Waals surface area contributed by atoms with Crippen LogP contribution >= 0.6 is 0 Å². The average Bonchev–Trinajstić information content (AvgIpc) is 2.57. The molecule has 0 aliphatic heterocycles. The summed E-state index contributed by atoms with van der Waals surface area (Å²) in [5, 5.41) is 12.0. The minimum atomic E-state index is -1.01. The van der Waals surface area contributed by atoms with E-state index in [4.69, 9.17) is 15.7 Å². The van der Waals surface area contributed by atoms with E-state index in [2.05, 4.69) is 5.32 Å². The molecule has 0 bridgehead atoms. The number of rotatable bonds is 6. The van der Waals surface area contributed by atoms with Gasteiger partial charge in [-0.2, -0.15) is 0 Å². The molecule has 0 saturated heterocycles. The molecule has 3 amide bonds. The fraction of sp³-hybridized carbons (Fsp3) is 0.125. The number of hydroxylamine groups is 2. The highest BCUT2D eigenvalue weighted by Crippen LogP contribution is 2.25. The van der Waals surface area contributed by atoms with Crippen LogP contribution in [0, 0.1) is 5.82 Å². The van der Waals surface area contributed by atoms with Crippen molar-refractivity contribution in [2.24, 2.45) is 5.73 Å². The summed E-state index contributed by atoms with van der Waals surface area (Å²) in [6.07, 6.45) is 0. The first kappa shape index (κ1) is 17.2. The molecule has 0 atom stereocenters. The monoisotopic (exact) mass is 333 g/mol. The van der Waals surface area contributed by atoms with Crippen LogP contribution in [0.3, 0.4) is 0 Å². The Morgan fingerprint density at radius 2 is 1.83 bits per heavy atom. The molecule has 2 aromatic rings. The molecule has 2 rings (SSSR count). The summed E-state index contributed by atoms with van der Waals surface area (Å²) in [4.78, 5) is 22.9. The molecule has 0 unspecified atom stereocenters. The van der Waals surface area contributed by atoms with Crippen molar-refractivity contribution in [2.75, 3.05) is 13.1 Å². The number of urea groups is 1. The van der Waals surface area contributed by atoms with Crippen LogP contribution in [0.1, 0.15) is 10.4 Å². The Hall–Kier alpha value is -3.13. The van der Waals surface area contributed by atoms with Gasteiger partial charge in [0.25, 0.3) is 5.91 Å². The van der Waals surface area contributed by atoms with E-state index in [9.17, 15) is 14.0 Å². The first-order chi connectivity index (χ1) is 11.5. The van der Waals surface area contributed by atoms with Crippen molar-refractivity contribution >= 4 is 11.9 Å². The van der Waals surface area contributed by atoms with Crippen LogP contribution in [-0.2, 0) is 0 Å². The maximum Gasteiger partial charge on any atom is 0.338 e. The fourth-order valence-corrected chi connectivity index (χ4v) is 1.85. The lowest BCUT2D eigenvalue weighted by Gasteiger charge is -2.14. The highest BCUT2D eigenvalue weighted by atomic mass is 19.1. The maximum absolute atomic E-state index is 12.9. The minimum Gasteiger partial charge on any atom is -0.457 e. The Balaban J connectivity index is 2.03. The van der Waals surface area contributed by atoms with Crippen LogP contribution in [-0.4, -0.2) is 35.3 Å². The first-order valence-electron chi connectivity index (χ1n) is 7.04. The van der Waals surface area contributed by atoms with Gasteiger partial charge < -0.3 is 15.8 Å². The molecule has 0 aromatic heterocycles. The summed E-state index contributed by atoms with van der Waals surface area (Å²) in [6.45, 7) is -0.148. The Labute approximate surface area is 137 Å². The van der Waals surface area contributed by atoms with Crippen molar-refractivity contribution in [3.63, 3.8) is 0 Å². The van der Waals surface area contributed by atoms with Crippen LogP contribution in [0.2, 0.25) is 0 Å². The zero-order valence-corrected chi connectivity index (χ0v) is 12.6. The number of hydrogen-bond donors (Lipinski definition) is 3. The molecule has 0 aliphatic carbocycles. The van der Waals surface area contributed by atoms with Crippen LogP contribution in [0.5, 0.6) is 11.5 Å². The zero-order valence-electron chi connectivity index (χ0n) is 12.6. The first-order valence-corrected chi connectivity index (χ1v) is 7.04. The Kier molecular flexibility index (Phi) is 5.69. The summed E-state index contributed by atoms with van der Waals surface area (Å²) in [5.74, 6) is -0.175. The van der Waals surface area contributed by atoms with E-state index in [1.165, 1.54) is 24.3 Å². The molecule has 8 heteroatoms. The number of primary amides is 1. The van der Waals surface area contributed by atoms with Gasteiger partial charge in [0.1, 0.15) is 17.3 Å². The van der Waals surface area contributed by atoms with E-state index in [1.54, 1.807) is 24.3 Å². The van der Waals surface area contributed by atoms with Crippen molar-refractivity contribution in [3.05, 3.63) is 59.9 Å². The molecule has 126 valence electrons. The molecule has 0 radical (unpaired) electrons. The average molecular weight is 333 g/mol. The number of para-hydroxylation sites is 1. The largest absolute Gasteiger partial charge is 0.457 e. The van der Waals surface area contributed by atoms with Gasteiger partial charge in [-0.05, 0) is 36.4 Å². The molecule has 0 saturated carbocycles. The van der Waals surface area contributed by atoms with Crippen molar-refractivity contribution in [1.82, 2.24) is 10.4 Å². The van der Waals surface area contributed by atoms with Gasteiger partial charge in [-0.3, -0.25) is 10.0 Å². The number of benzene rings is 2. The van der Waals surface area contributed by atoms with Crippen molar-refractivity contribution in [2.45, 2.75) is 0 Å². The summed E-state index contributed by atoms with van der Waals surface area (Å²) < 4.78 is 18.5. The predicted octanol–water partition coefficient (Wildman–Crippen LogP) is 2.12. The lowest BCUT2D eigenvalue weighted by atomic mass is 10.2. The fourth-order valence-electron chi connectivity index (χ4n) is 1.85. The SMILES string of the molecule is NC(=O)N(O)CCNC(=O)c1ccccc1Oc1ccc(F)cc1. The third-order valence-corrected chi connectivity index (χ3v) is 3.04. The van der Waals surface area contributed by atoms with E-state index in [0.717, 1.165) is 0 Å². The van der Waals surface area contributed by atoms with Crippen molar-refractivity contribution in [1.29, 1.82) is 0 Å². The molecule has 4 N–H and O–H groups in total. The topological polar surface area (TPSA) is 105 Å². The number of amides is 3. The number of halogens is 1. The lowest BCUT2D eigenvalue weighted by Crippen LogP contribution is -2.39. The van der Waals surface area contributed by atoms with Crippen LogP contribution in [0.25, 0.3) is 0 Å². The summed E-state index contributed by atoms with van der Waals surface area (Å²) in [5.41, 5.74) is 5.12.